The number of carbonyl (C=O) groups excluding carboxylic acids is 3. The van der Waals surface area contributed by atoms with Gasteiger partial charge in [0.25, 0.3) is 0 Å². The fourth-order valence-corrected chi connectivity index (χ4v) is 5.62. The van der Waals surface area contributed by atoms with Crippen molar-refractivity contribution in [3.05, 3.63) is 28.2 Å². The van der Waals surface area contributed by atoms with Gasteiger partial charge in [-0.05, 0) is 49.0 Å². The second-order valence-electron chi connectivity index (χ2n) is 8.97. The molecule has 2 aliphatic rings. The van der Waals surface area contributed by atoms with Crippen LogP contribution in [-0.2, 0) is 27.2 Å². The van der Waals surface area contributed by atoms with Crippen molar-refractivity contribution in [3.63, 3.8) is 0 Å². The van der Waals surface area contributed by atoms with Crippen molar-refractivity contribution in [2.75, 3.05) is 12.4 Å². The highest BCUT2D eigenvalue weighted by molar-refractivity contribution is 7.17. The Kier molecular flexibility index (Phi) is 6.17. The highest BCUT2D eigenvalue weighted by atomic mass is 32.1. The van der Waals surface area contributed by atoms with Crippen LogP contribution in [0, 0.1) is 23.2 Å². The number of methoxy groups -OCH3 is 1. The summed E-state index contributed by atoms with van der Waals surface area (Å²) in [5.74, 6) is -3.15. The lowest BCUT2D eigenvalue weighted by molar-refractivity contribution is -0.313. The number of carbonyl (C=O) groups is 3. The van der Waals surface area contributed by atoms with Crippen molar-refractivity contribution < 1.29 is 24.2 Å². The molecule has 0 spiro atoms. The molecule has 3 rings (SSSR count). The summed E-state index contributed by atoms with van der Waals surface area (Å²) >= 11 is 1.41. The second-order valence-corrected chi connectivity index (χ2v) is 10.1. The van der Waals surface area contributed by atoms with E-state index in [-0.39, 0.29) is 17.7 Å². The number of nitrogens with one attached hydrogen (secondary N) is 1. The van der Waals surface area contributed by atoms with Gasteiger partial charge < -0.3 is 20.0 Å². The fraction of sp³-hybridized carbons (Fsp3) is 0.591. The minimum Gasteiger partial charge on any atom is -0.550 e. The lowest BCUT2D eigenvalue weighted by atomic mass is 9.72. The van der Waals surface area contributed by atoms with Crippen LogP contribution in [0.1, 0.15) is 60.8 Å². The zero-order valence-electron chi connectivity index (χ0n) is 17.4. The minimum atomic E-state index is -1.22. The smallest absolute Gasteiger partial charge is 0.341 e. The molecule has 1 aromatic rings. The van der Waals surface area contributed by atoms with Crippen molar-refractivity contribution in [2.24, 2.45) is 23.2 Å². The Morgan fingerprint density at radius 3 is 2.41 bits per heavy atom. The SMILES string of the molecule is COC(=O)c1c(NC(=O)[C@H]2CC=CC[C@@H]2C(=O)[O-])sc2c1CC[C@H](C(C)(C)C)C2. The molecule has 0 aliphatic heterocycles. The summed E-state index contributed by atoms with van der Waals surface area (Å²) in [4.78, 5) is 37.9. The number of ether oxygens (including phenoxy) is 1. The fourth-order valence-electron chi connectivity index (χ4n) is 4.30. The lowest BCUT2D eigenvalue weighted by Crippen LogP contribution is -2.41. The summed E-state index contributed by atoms with van der Waals surface area (Å²) in [6.07, 6.45) is 6.80. The van der Waals surface area contributed by atoms with Crippen LogP contribution in [0.15, 0.2) is 12.2 Å². The molecular formula is C22H28NO5S-. The number of esters is 1. The average Bonchev–Trinajstić information content (AvgIpc) is 3.03. The van der Waals surface area contributed by atoms with Crippen LogP contribution in [-0.4, -0.2) is 25.0 Å². The molecule has 7 heteroatoms. The number of aliphatic carboxylic acids is 1. The molecule has 0 unspecified atom stereocenters. The van der Waals surface area contributed by atoms with Gasteiger partial charge in [0.2, 0.25) is 5.91 Å². The van der Waals surface area contributed by atoms with Gasteiger partial charge >= 0.3 is 5.97 Å². The van der Waals surface area contributed by atoms with E-state index in [1.165, 1.54) is 18.4 Å². The van der Waals surface area contributed by atoms with E-state index < -0.39 is 23.8 Å². The van der Waals surface area contributed by atoms with Crippen molar-refractivity contribution >= 4 is 34.2 Å². The van der Waals surface area contributed by atoms with Crippen LogP contribution in [0.3, 0.4) is 0 Å². The molecule has 0 saturated heterocycles. The first-order valence-electron chi connectivity index (χ1n) is 10.0. The number of anilines is 1. The Balaban J connectivity index is 1.90. The maximum Gasteiger partial charge on any atom is 0.341 e. The molecule has 0 bridgehead atoms. The number of carboxylic acids is 1. The predicted octanol–water partition coefficient (Wildman–Crippen LogP) is 2.96. The van der Waals surface area contributed by atoms with E-state index in [0.29, 0.717) is 22.9 Å². The van der Waals surface area contributed by atoms with Crippen molar-refractivity contribution in [2.45, 2.75) is 52.9 Å². The summed E-state index contributed by atoms with van der Waals surface area (Å²) in [6, 6.07) is 0. The Labute approximate surface area is 175 Å². The summed E-state index contributed by atoms with van der Waals surface area (Å²) in [5.41, 5.74) is 1.54. The summed E-state index contributed by atoms with van der Waals surface area (Å²) in [7, 11) is 1.33. The Morgan fingerprint density at radius 2 is 1.83 bits per heavy atom. The van der Waals surface area contributed by atoms with E-state index in [9.17, 15) is 19.5 Å². The zero-order valence-corrected chi connectivity index (χ0v) is 18.2. The molecule has 2 aliphatic carbocycles. The minimum absolute atomic E-state index is 0.159. The molecule has 0 radical (unpaired) electrons. The molecule has 0 saturated carbocycles. The van der Waals surface area contributed by atoms with E-state index in [1.54, 1.807) is 6.08 Å². The summed E-state index contributed by atoms with van der Waals surface area (Å²) in [6.45, 7) is 6.66. The molecule has 3 atom stereocenters. The molecule has 1 heterocycles. The van der Waals surface area contributed by atoms with Gasteiger partial charge in [0.1, 0.15) is 5.00 Å². The number of rotatable bonds is 4. The second kappa shape index (κ2) is 8.30. The van der Waals surface area contributed by atoms with Crippen LogP contribution in [0.5, 0.6) is 0 Å². The van der Waals surface area contributed by atoms with Crippen molar-refractivity contribution in [3.8, 4) is 0 Å². The number of amides is 1. The topological polar surface area (TPSA) is 95.5 Å². The average molecular weight is 419 g/mol. The van der Waals surface area contributed by atoms with Gasteiger partial charge in [-0.15, -0.1) is 11.3 Å². The van der Waals surface area contributed by atoms with E-state index in [0.717, 1.165) is 29.7 Å². The van der Waals surface area contributed by atoms with Gasteiger partial charge in [-0.1, -0.05) is 32.9 Å². The predicted molar refractivity (Wildman–Crippen MR) is 110 cm³/mol. The molecule has 158 valence electrons. The van der Waals surface area contributed by atoms with Crippen LogP contribution >= 0.6 is 11.3 Å². The molecule has 1 amide bonds. The van der Waals surface area contributed by atoms with Crippen LogP contribution in [0.2, 0.25) is 0 Å². The number of hydrogen-bond donors (Lipinski definition) is 1. The number of carboxylic acid groups (broad SMARTS) is 1. The molecular weight excluding hydrogens is 390 g/mol. The normalized spacial score (nSPS) is 23.9. The van der Waals surface area contributed by atoms with Crippen molar-refractivity contribution in [1.29, 1.82) is 0 Å². The van der Waals surface area contributed by atoms with Gasteiger partial charge in [0, 0.05) is 16.8 Å². The van der Waals surface area contributed by atoms with Gasteiger partial charge in [-0.3, -0.25) is 4.79 Å². The van der Waals surface area contributed by atoms with Crippen LogP contribution in [0.4, 0.5) is 5.00 Å². The van der Waals surface area contributed by atoms with E-state index in [1.807, 2.05) is 6.08 Å². The van der Waals surface area contributed by atoms with Gasteiger partial charge in [-0.2, -0.15) is 0 Å². The maximum absolute atomic E-state index is 12.9. The first-order chi connectivity index (χ1) is 13.6. The Morgan fingerprint density at radius 1 is 1.17 bits per heavy atom. The number of allylic oxidation sites excluding steroid dienone is 2. The third-order valence-corrected chi connectivity index (χ3v) is 7.36. The largest absolute Gasteiger partial charge is 0.550 e. The lowest BCUT2D eigenvalue weighted by Gasteiger charge is -2.33. The Hall–Kier alpha value is -2.15. The Bertz CT molecular complexity index is 848. The van der Waals surface area contributed by atoms with E-state index >= 15 is 0 Å². The molecule has 6 nitrogen and oxygen atoms in total. The molecule has 1 N–H and O–H groups in total. The number of thiophene rings is 1. The maximum atomic E-state index is 12.9. The monoisotopic (exact) mass is 418 g/mol. The van der Waals surface area contributed by atoms with Crippen LogP contribution in [0.25, 0.3) is 0 Å². The van der Waals surface area contributed by atoms with Gasteiger partial charge in [0.05, 0.1) is 18.6 Å². The number of hydrogen-bond acceptors (Lipinski definition) is 6. The molecule has 29 heavy (non-hydrogen) atoms. The van der Waals surface area contributed by atoms with Crippen LogP contribution < -0.4 is 10.4 Å². The van der Waals surface area contributed by atoms with E-state index in [4.69, 9.17) is 4.74 Å². The summed E-state index contributed by atoms with van der Waals surface area (Å²) < 4.78 is 4.98. The third-order valence-electron chi connectivity index (χ3n) is 6.19. The van der Waals surface area contributed by atoms with Crippen molar-refractivity contribution in [1.82, 2.24) is 0 Å². The highest BCUT2D eigenvalue weighted by Gasteiger charge is 2.36. The molecule has 0 fully saturated rings. The molecule has 1 aromatic heterocycles. The zero-order chi connectivity index (χ0) is 21.3. The molecule has 0 aromatic carbocycles. The highest BCUT2D eigenvalue weighted by Crippen LogP contribution is 2.44. The quantitative estimate of drug-likeness (QED) is 0.599. The standard InChI is InChI=1S/C22H29NO5S/c1-22(2,3)12-9-10-15-16(11-12)29-19(17(15)21(27)28-4)23-18(24)13-7-5-6-8-14(13)20(25)26/h5-6,12-14H,7-11H2,1-4H3,(H,23,24)(H,25,26)/p-1/t12-,13-,14-/m0/s1. The van der Waals surface area contributed by atoms with E-state index in [2.05, 4.69) is 26.1 Å². The van der Waals surface area contributed by atoms with Gasteiger partial charge in [-0.25, -0.2) is 4.79 Å². The summed E-state index contributed by atoms with van der Waals surface area (Å²) in [5, 5.41) is 14.7. The van der Waals surface area contributed by atoms with Gasteiger partial charge in [0.15, 0.2) is 0 Å². The number of fused-ring (bicyclic) bond motifs is 1. The first kappa shape index (κ1) is 21.6. The third kappa shape index (κ3) is 4.39. The first-order valence-corrected chi connectivity index (χ1v) is 10.8.